The van der Waals surface area contributed by atoms with Crippen molar-refractivity contribution in [1.82, 2.24) is 34.1 Å². The standard InChI is InChI=1S/C27H33N10O10PS/c28-21-18-24(35-26(34-21)30-4-5-38)37(11-33-18)25-20-19(39)15(45-25)9-43-48(41,49)47-13-6-16(44-14(13)8-42-27(40)46-20)36-7-12-2-1-3-29-22-17(12)23(36)32-10-31-22/h7,10-11,13-16,19-20,25,38-39H,1-6,8-9H2,(H,41,49)(H,29,31,32)(H3,28,30,34,35)/t13-,14+,15+,16+,19+,20+,25+,48?/m0/s1. The lowest BCUT2D eigenvalue weighted by Crippen LogP contribution is -2.37. The van der Waals surface area contributed by atoms with Crippen LogP contribution in [0.2, 0.25) is 0 Å². The monoisotopic (exact) mass is 720 g/mol. The van der Waals surface area contributed by atoms with Crippen molar-refractivity contribution in [3.63, 3.8) is 0 Å². The van der Waals surface area contributed by atoms with Gasteiger partial charge in [-0.3, -0.25) is 4.57 Å². The van der Waals surface area contributed by atoms with Crippen LogP contribution in [-0.2, 0) is 46.2 Å². The number of hydrogen-bond donors (Lipinski definition) is 6. The van der Waals surface area contributed by atoms with Crippen LogP contribution < -0.4 is 16.4 Å². The molecule has 49 heavy (non-hydrogen) atoms. The summed E-state index contributed by atoms with van der Waals surface area (Å²) in [5, 5.41) is 27.5. The van der Waals surface area contributed by atoms with Gasteiger partial charge < -0.3 is 64.0 Å². The Hall–Kier alpha value is -3.79. The van der Waals surface area contributed by atoms with Gasteiger partial charge in [0.05, 0.1) is 24.9 Å². The lowest BCUT2D eigenvalue weighted by atomic mass is 10.1. The van der Waals surface area contributed by atoms with Crippen molar-refractivity contribution in [1.29, 1.82) is 0 Å². The summed E-state index contributed by atoms with van der Waals surface area (Å²) < 4.78 is 38.5. The van der Waals surface area contributed by atoms with Gasteiger partial charge in [0.2, 0.25) is 5.95 Å². The predicted octanol–water partition coefficient (Wildman–Crippen LogP) is 0.315. The number of imidazole rings is 1. The number of aliphatic hydroxyl groups excluding tert-OH is 2. The Balaban J connectivity index is 1.06. The van der Waals surface area contributed by atoms with Gasteiger partial charge >= 0.3 is 12.9 Å². The normalized spacial score (nSPS) is 31.9. The van der Waals surface area contributed by atoms with E-state index >= 15 is 0 Å². The molecule has 20 nitrogen and oxygen atoms in total. The zero-order valence-corrected chi connectivity index (χ0v) is 27.4. The SMILES string of the molecule is Nc1nc(NCCO)nc2c1ncn2[C@@H]1O[C@@H]2COP(O)(=S)O[C@H]3C[C@H](n4cc5c6c(ncnc64)NCCC5)O[C@@H]3COC(=O)O[C@@H]1[C@@H]2O. The summed E-state index contributed by atoms with van der Waals surface area (Å²) in [7, 11) is 0. The molecule has 8 atom stereocenters. The molecule has 4 aliphatic heterocycles. The van der Waals surface area contributed by atoms with Gasteiger partial charge in [-0.2, -0.15) is 9.97 Å². The maximum Gasteiger partial charge on any atom is 0.508 e. The number of nitrogens with two attached hydrogens (primary N) is 1. The van der Waals surface area contributed by atoms with Crippen molar-refractivity contribution in [2.45, 2.75) is 62.2 Å². The van der Waals surface area contributed by atoms with Crippen LogP contribution in [0.25, 0.3) is 22.2 Å². The van der Waals surface area contributed by atoms with Crippen molar-refractivity contribution in [3.8, 4) is 0 Å². The Bertz CT molecular complexity index is 1950. The van der Waals surface area contributed by atoms with Crippen LogP contribution in [0.1, 0.15) is 30.9 Å². The van der Waals surface area contributed by atoms with Gasteiger partial charge in [0.25, 0.3) is 0 Å². The van der Waals surface area contributed by atoms with Gasteiger partial charge in [-0.05, 0) is 30.2 Å². The van der Waals surface area contributed by atoms with E-state index < -0.39 is 62.5 Å². The molecule has 0 spiro atoms. The Morgan fingerprint density at radius 3 is 2.86 bits per heavy atom. The van der Waals surface area contributed by atoms with Gasteiger partial charge in [0.15, 0.2) is 23.8 Å². The van der Waals surface area contributed by atoms with Crippen molar-refractivity contribution in [3.05, 3.63) is 24.4 Å². The molecule has 0 aromatic carbocycles. The van der Waals surface area contributed by atoms with Gasteiger partial charge in [-0.1, -0.05) is 0 Å². The highest BCUT2D eigenvalue weighted by atomic mass is 32.5. The van der Waals surface area contributed by atoms with E-state index in [0.717, 1.165) is 36.2 Å². The Labute approximate surface area is 282 Å². The number of anilines is 3. The molecular formula is C27H33N10O10PS. The second kappa shape index (κ2) is 12.8. The predicted molar refractivity (Wildman–Crippen MR) is 172 cm³/mol. The molecule has 22 heteroatoms. The molecule has 4 aromatic heterocycles. The molecule has 4 aromatic rings. The third-order valence-corrected chi connectivity index (χ3v) is 10.4. The minimum Gasteiger partial charge on any atom is -0.431 e. The summed E-state index contributed by atoms with van der Waals surface area (Å²) >= 11 is 5.37. The number of nitrogen functional groups attached to an aromatic ring is 1. The van der Waals surface area contributed by atoms with Crippen molar-refractivity contribution < 1.29 is 47.9 Å². The molecule has 3 saturated heterocycles. The van der Waals surface area contributed by atoms with E-state index in [0.29, 0.717) is 5.65 Å². The maximum absolute atomic E-state index is 13.1. The molecule has 262 valence electrons. The summed E-state index contributed by atoms with van der Waals surface area (Å²) in [5.41, 5.74) is 8.24. The number of carbonyl (C=O) groups is 1. The number of aliphatic hydroxyl groups is 2. The fourth-order valence-corrected chi connectivity index (χ4v) is 8.04. The second-order valence-corrected chi connectivity index (χ2v) is 14.7. The highest BCUT2D eigenvalue weighted by Crippen LogP contribution is 2.50. The number of rotatable bonds is 5. The molecule has 1 unspecified atom stereocenters. The number of ether oxygens (including phenoxy) is 4. The quantitative estimate of drug-likeness (QED) is 0.120. The van der Waals surface area contributed by atoms with E-state index in [1.54, 1.807) is 0 Å². The molecule has 3 fully saturated rings. The van der Waals surface area contributed by atoms with E-state index in [1.807, 2.05) is 10.8 Å². The first-order chi connectivity index (χ1) is 23.7. The molecule has 7 N–H and O–H groups in total. The number of fused-ring (bicyclic) bond motifs is 4. The van der Waals surface area contributed by atoms with Crippen LogP contribution >= 0.6 is 6.72 Å². The van der Waals surface area contributed by atoms with Crippen molar-refractivity contribution >= 4 is 64.5 Å². The Kier molecular flexibility index (Phi) is 8.49. The minimum absolute atomic E-state index is 0.0427. The van der Waals surface area contributed by atoms with Crippen LogP contribution in [-0.4, -0.2) is 119 Å². The molecule has 0 aliphatic carbocycles. The van der Waals surface area contributed by atoms with E-state index in [2.05, 4.69) is 35.6 Å². The number of hydrogen-bond acceptors (Lipinski definition) is 18. The molecule has 0 amide bonds. The topological polar surface area (TPSA) is 258 Å². The van der Waals surface area contributed by atoms with Gasteiger partial charge in [-0.15, -0.1) is 0 Å². The number of aryl methyl sites for hydroxylation is 1. The average molecular weight is 721 g/mol. The van der Waals surface area contributed by atoms with Gasteiger partial charge in [-0.25, -0.2) is 19.7 Å². The zero-order valence-electron chi connectivity index (χ0n) is 25.7. The third kappa shape index (κ3) is 6.04. The smallest absolute Gasteiger partial charge is 0.431 e. The number of nitrogens with zero attached hydrogens (tertiary/aromatic N) is 7. The van der Waals surface area contributed by atoms with Crippen LogP contribution in [0.3, 0.4) is 0 Å². The molecule has 2 bridgehead atoms. The van der Waals surface area contributed by atoms with Crippen LogP contribution in [0, 0.1) is 0 Å². The first-order valence-electron chi connectivity index (χ1n) is 15.6. The maximum atomic E-state index is 13.1. The van der Waals surface area contributed by atoms with Crippen LogP contribution in [0.4, 0.5) is 22.4 Å². The van der Waals surface area contributed by atoms with Crippen LogP contribution in [0.5, 0.6) is 0 Å². The zero-order chi connectivity index (χ0) is 33.9. The van der Waals surface area contributed by atoms with Crippen molar-refractivity contribution in [2.24, 2.45) is 0 Å². The van der Waals surface area contributed by atoms with Crippen molar-refractivity contribution in [2.75, 3.05) is 49.3 Å². The summed E-state index contributed by atoms with van der Waals surface area (Å²) in [6.45, 7) is -3.92. The molecule has 4 aliphatic rings. The summed E-state index contributed by atoms with van der Waals surface area (Å²) in [5.74, 6) is 0.896. The molecular weight excluding hydrogens is 687 g/mol. The number of nitrogens with one attached hydrogen (secondary N) is 2. The molecule has 8 rings (SSSR count). The van der Waals surface area contributed by atoms with Gasteiger partial charge in [0, 0.05) is 25.7 Å². The highest BCUT2D eigenvalue weighted by Gasteiger charge is 2.50. The van der Waals surface area contributed by atoms with E-state index in [1.165, 1.54) is 17.2 Å². The van der Waals surface area contributed by atoms with E-state index in [-0.39, 0.29) is 49.1 Å². The highest BCUT2D eigenvalue weighted by molar-refractivity contribution is 8.07. The number of cyclic esters (lactones) is 1. The van der Waals surface area contributed by atoms with Crippen LogP contribution in [0.15, 0.2) is 18.9 Å². The first kappa shape index (κ1) is 32.4. The van der Waals surface area contributed by atoms with Gasteiger partial charge in [0.1, 0.15) is 60.6 Å². The summed E-state index contributed by atoms with van der Waals surface area (Å²) in [4.78, 5) is 46.0. The lowest BCUT2D eigenvalue weighted by Gasteiger charge is -2.25. The summed E-state index contributed by atoms with van der Waals surface area (Å²) in [6.07, 6.45) is -1.81. The Morgan fingerprint density at radius 2 is 2.00 bits per heavy atom. The first-order valence-corrected chi connectivity index (χ1v) is 18.2. The average Bonchev–Trinajstić information content (AvgIpc) is 3.81. The fraction of sp³-hybridized carbons (Fsp3) is 0.556. The molecule has 8 heterocycles. The van der Waals surface area contributed by atoms with E-state index in [4.69, 9.17) is 45.5 Å². The number of aromatic nitrogens is 7. The third-order valence-electron chi connectivity index (χ3n) is 8.79. The summed E-state index contributed by atoms with van der Waals surface area (Å²) in [6, 6.07) is 0. The lowest BCUT2D eigenvalue weighted by molar-refractivity contribution is -0.0836. The second-order valence-electron chi connectivity index (χ2n) is 11.9. The van der Waals surface area contributed by atoms with E-state index in [9.17, 15) is 19.9 Å². The molecule has 0 radical (unpaired) electrons. The Morgan fingerprint density at radius 1 is 1.12 bits per heavy atom. The largest absolute Gasteiger partial charge is 0.508 e. The number of carbonyl (C=O) groups excluding carboxylic acids is 1. The molecule has 0 saturated carbocycles. The minimum atomic E-state index is -3.96. The fourth-order valence-electron chi connectivity index (χ4n) is 6.56.